The van der Waals surface area contributed by atoms with Crippen molar-refractivity contribution in [1.29, 1.82) is 0 Å². The van der Waals surface area contributed by atoms with Gasteiger partial charge in [0.15, 0.2) is 0 Å². The number of aryl methyl sites for hydroxylation is 1. The molecule has 0 radical (unpaired) electrons. The predicted octanol–water partition coefficient (Wildman–Crippen LogP) is 2.58. The Morgan fingerprint density at radius 1 is 1.12 bits per heavy atom. The van der Waals surface area contributed by atoms with E-state index in [0.717, 1.165) is 5.56 Å². The smallest absolute Gasteiger partial charge is 0.270 e. The lowest BCUT2D eigenvalue weighted by atomic mass is 10.2. The van der Waals surface area contributed by atoms with Gasteiger partial charge < -0.3 is 0 Å². The van der Waals surface area contributed by atoms with Gasteiger partial charge in [-0.1, -0.05) is 37.3 Å². The zero-order chi connectivity index (χ0) is 12.4. The van der Waals surface area contributed by atoms with Gasteiger partial charge in [0, 0.05) is 0 Å². The van der Waals surface area contributed by atoms with E-state index in [9.17, 15) is 8.42 Å². The summed E-state index contributed by atoms with van der Waals surface area (Å²) in [5, 5.41) is 0. The molecule has 0 aliphatic carbocycles. The molecule has 0 spiro atoms. The molecule has 5 heteroatoms. The van der Waals surface area contributed by atoms with E-state index in [1.807, 2.05) is 6.92 Å². The minimum absolute atomic E-state index is 0.233. The van der Waals surface area contributed by atoms with E-state index in [0.29, 0.717) is 6.23 Å². The van der Waals surface area contributed by atoms with E-state index in [2.05, 4.69) is 19.6 Å². The molecule has 0 unspecified atom stereocenters. The van der Waals surface area contributed by atoms with E-state index in [-0.39, 0.29) is 4.90 Å². The van der Waals surface area contributed by atoms with Gasteiger partial charge in [-0.15, -0.1) is 0 Å². The van der Waals surface area contributed by atoms with Crippen LogP contribution in [0.25, 0.3) is 0 Å². The van der Waals surface area contributed by atoms with Crippen LogP contribution in [0.1, 0.15) is 5.56 Å². The van der Waals surface area contributed by atoms with E-state index in [1.54, 1.807) is 24.3 Å². The molecule has 0 amide bonds. The topological polar surface area (TPSA) is 43.4 Å². The molecule has 3 nitrogen and oxygen atoms in total. The van der Waals surface area contributed by atoms with Crippen LogP contribution in [0.2, 0.25) is 19.6 Å². The van der Waals surface area contributed by atoms with Gasteiger partial charge in [-0.25, -0.2) is 0 Å². The molecule has 1 aromatic carbocycles. The molecule has 16 heavy (non-hydrogen) atoms. The monoisotopic (exact) mass is 258 g/mol. The molecule has 0 aromatic heterocycles. The molecule has 0 aliphatic heterocycles. The normalized spacial score (nSPS) is 12.8. The molecule has 0 heterocycles. The van der Waals surface area contributed by atoms with Crippen molar-refractivity contribution in [3.63, 3.8) is 0 Å². The van der Waals surface area contributed by atoms with Crippen LogP contribution in [0, 0.1) is 6.92 Å². The lowest BCUT2D eigenvalue weighted by Gasteiger charge is -2.15. The summed E-state index contributed by atoms with van der Waals surface area (Å²) in [6.07, 6.45) is 0.323. The molecule has 0 atom stereocenters. The van der Waals surface area contributed by atoms with Gasteiger partial charge in [0.1, 0.15) is 0 Å². The number of benzene rings is 1. The maximum absolute atomic E-state index is 11.8. The Kier molecular flexibility index (Phi) is 3.93. The fourth-order valence-electron chi connectivity index (χ4n) is 1.03. The summed E-state index contributed by atoms with van der Waals surface area (Å²) in [5.41, 5.74) is 1.03. The highest BCUT2D eigenvalue weighted by molar-refractivity contribution is 7.86. The molecule has 0 N–H and O–H groups in total. The van der Waals surface area contributed by atoms with Gasteiger partial charge in [0.05, 0.1) is 19.2 Å². The largest absolute Gasteiger partial charge is 0.296 e. The summed E-state index contributed by atoms with van der Waals surface area (Å²) in [7, 11) is -5.09. The summed E-state index contributed by atoms with van der Waals surface area (Å²) in [6.45, 7) is 8.12. The van der Waals surface area contributed by atoms with Crippen LogP contribution in [-0.4, -0.2) is 22.7 Å². The summed E-state index contributed by atoms with van der Waals surface area (Å²) < 4.78 is 28.6. The Balaban J connectivity index is 2.83. The minimum atomic E-state index is -3.58. The Morgan fingerprint density at radius 3 is 2.06 bits per heavy atom. The second-order valence-electron chi connectivity index (χ2n) is 5.09. The maximum Gasteiger partial charge on any atom is 0.296 e. The van der Waals surface area contributed by atoms with E-state index in [4.69, 9.17) is 4.18 Å². The van der Waals surface area contributed by atoms with Crippen molar-refractivity contribution in [3.05, 3.63) is 29.8 Å². The van der Waals surface area contributed by atoms with Crippen LogP contribution in [0.5, 0.6) is 0 Å². The molecule has 0 saturated heterocycles. The molecule has 0 aliphatic rings. The Hall–Kier alpha value is -0.653. The van der Waals surface area contributed by atoms with E-state index < -0.39 is 18.2 Å². The van der Waals surface area contributed by atoms with Gasteiger partial charge in [-0.05, 0) is 19.1 Å². The van der Waals surface area contributed by atoms with Crippen LogP contribution < -0.4 is 0 Å². The third-order valence-corrected chi connectivity index (χ3v) is 4.45. The van der Waals surface area contributed by atoms with Gasteiger partial charge in [0.25, 0.3) is 10.1 Å². The van der Waals surface area contributed by atoms with Crippen LogP contribution in [0.4, 0.5) is 0 Å². The lowest BCUT2D eigenvalue weighted by molar-refractivity contribution is 0.369. The second kappa shape index (κ2) is 4.69. The van der Waals surface area contributed by atoms with Crippen molar-refractivity contribution in [2.45, 2.75) is 31.5 Å². The zero-order valence-electron chi connectivity index (χ0n) is 10.1. The average molecular weight is 258 g/mol. The molecular weight excluding hydrogens is 240 g/mol. The molecule has 0 saturated carbocycles. The first-order valence-electron chi connectivity index (χ1n) is 5.17. The van der Waals surface area contributed by atoms with E-state index >= 15 is 0 Å². The van der Waals surface area contributed by atoms with Gasteiger partial charge in [0.2, 0.25) is 0 Å². The van der Waals surface area contributed by atoms with Crippen molar-refractivity contribution in [3.8, 4) is 0 Å². The minimum Gasteiger partial charge on any atom is -0.270 e. The van der Waals surface area contributed by atoms with Crippen LogP contribution in [0.3, 0.4) is 0 Å². The van der Waals surface area contributed by atoms with Crippen molar-refractivity contribution in [2.75, 3.05) is 6.23 Å². The third-order valence-electron chi connectivity index (χ3n) is 1.96. The second-order valence-corrected chi connectivity index (χ2v) is 12.1. The fraction of sp³-hybridized carbons (Fsp3) is 0.455. The van der Waals surface area contributed by atoms with Gasteiger partial charge in [-0.3, -0.25) is 4.18 Å². The first kappa shape index (κ1) is 13.4. The van der Waals surface area contributed by atoms with Crippen molar-refractivity contribution in [2.24, 2.45) is 0 Å². The Labute approximate surface area is 98.6 Å². The molecule has 1 rings (SSSR count). The highest BCUT2D eigenvalue weighted by Crippen LogP contribution is 2.14. The molecule has 0 bridgehead atoms. The Bertz CT molecular complexity index is 443. The highest BCUT2D eigenvalue weighted by atomic mass is 32.2. The predicted molar refractivity (Wildman–Crippen MR) is 67.7 cm³/mol. The average Bonchev–Trinajstić information content (AvgIpc) is 2.15. The molecule has 1 aromatic rings. The fourth-order valence-corrected chi connectivity index (χ4v) is 3.67. The SMILES string of the molecule is Cc1ccc(S(=O)(=O)OC[Si](C)(C)C)cc1. The van der Waals surface area contributed by atoms with Crippen molar-refractivity contribution >= 4 is 18.2 Å². The highest BCUT2D eigenvalue weighted by Gasteiger charge is 2.21. The van der Waals surface area contributed by atoms with Crippen molar-refractivity contribution in [1.82, 2.24) is 0 Å². The summed E-state index contributed by atoms with van der Waals surface area (Å²) in [4.78, 5) is 0.233. The number of hydrogen-bond donors (Lipinski definition) is 0. The first-order valence-corrected chi connectivity index (χ1v) is 10.3. The quantitative estimate of drug-likeness (QED) is 0.616. The maximum atomic E-state index is 11.8. The van der Waals surface area contributed by atoms with E-state index in [1.165, 1.54) is 0 Å². The lowest BCUT2D eigenvalue weighted by Crippen LogP contribution is -2.29. The molecule has 90 valence electrons. The third kappa shape index (κ3) is 4.07. The molecule has 0 fully saturated rings. The zero-order valence-corrected chi connectivity index (χ0v) is 12.0. The summed E-state index contributed by atoms with van der Waals surface area (Å²) in [5.74, 6) is 0. The number of hydrogen-bond acceptors (Lipinski definition) is 3. The number of rotatable bonds is 4. The van der Waals surface area contributed by atoms with Gasteiger partial charge in [-0.2, -0.15) is 8.42 Å². The standard InChI is InChI=1S/C11H18O3SSi/c1-10-5-7-11(8-6-10)15(12,13)14-9-16(2,3)4/h5-8H,9H2,1-4H3. The van der Waals surface area contributed by atoms with Gasteiger partial charge >= 0.3 is 0 Å². The first-order chi connectivity index (χ1) is 7.21. The van der Waals surface area contributed by atoms with Crippen LogP contribution in [0.15, 0.2) is 29.2 Å². The van der Waals surface area contributed by atoms with Crippen LogP contribution >= 0.6 is 0 Å². The van der Waals surface area contributed by atoms with Crippen molar-refractivity contribution < 1.29 is 12.6 Å². The Morgan fingerprint density at radius 2 is 1.62 bits per heavy atom. The summed E-state index contributed by atoms with van der Waals surface area (Å²) >= 11 is 0. The van der Waals surface area contributed by atoms with Crippen LogP contribution in [-0.2, 0) is 14.3 Å². The summed E-state index contributed by atoms with van der Waals surface area (Å²) in [6, 6.07) is 6.69. The molecular formula is C11H18O3SSi.